The highest BCUT2D eigenvalue weighted by Gasteiger charge is 2.19. The number of allylic oxidation sites excluding steroid dienone is 20. The summed E-state index contributed by atoms with van der Waals surface area (Å²) in [5.74, 6) is -0.886. The molecule has 0 aromatic carbocycles. The zero-order chi connectivity index (χ0) is 57.8. The molecule has 0 saturated carbocycles. The van der Waals surface area contributed by atoms with E-state index in [0.29, 0.717) is 19.3 Å². The van der Waals surface area contributed by atoms with Crippen molar-refractivity contribution in [2.45, 2.75) is 316 Å². The minimum absolute atomic E-state index is 0.0798. The Morgan fingerprint density at radius 3 is 0.762 bits per heavy atom. The molecule has 0 spiro atoms. The highest BCUT2D eigenvalue weighted by molar-refractivity contribution is 5.71. The van der Waals surface area contributed by atoms with Gasteiger partial charge in [-0.05, 0) is 109 Å². The number of esters is 3. The first-order valence-corrected chi connectivity index (χ1v) is 33.5. The Balaban J connectivity index is 4.18. The summed E-state index contributed by atoms with van der Waals surface area (Å²) in [6.07, 6.45) is 93.7. The minimum Gasteiger partial charge on any atom is -0.462 e. The number of carbonyl (C=O) groups is 3. The SMILES string of the molecule is CC/C=C\C/C=C\C/C=C\C/C=C\C/C=C\C/C=C\CCCCCCCCCCC(=O)OCC(COC(=O)CCCCCCCCCC)OC(=O)CCCCCCCCCCCCCCCC/C=C\C/C=C\C/C=C\C/C=C\CC. The number of carbonyl (C=O) groups excluding carboxylic acids is 3. The molecule has 1 atom stereocenters. The average molecular weight is 1110 g/mol. The third-order valence-corrected chi connectivity index (χ3v) is 14.2. The topological polar surface area (TPSA) is 78.9 Å². The van der Waals surface area contributed by atoms with E-state index in [9.17, 15) is 14.4 Å². The van der Waals surface area contributed by atoms with Crippen molar-refractivity contribution in [1.29, 1.82) is 0 Å². The second-order valence-corrected chi connectivity index (χ2v) is 22.0. The second-order valence-electron chi connectivity index (χ2n) is 22.0. The summed E-state index contributed by atoms with van der Waals surface area (Å²) in [7, 11) is 0. The zero-order valence-corrected chi connectivity index (χ0v) is 52.3. The van der Waals surface area contributed by atoms with Crippen molar-refractivity contribution >= 4 is 17.9 Å². The zero-order valence-electron chi connectivity index (χ0n) is 52.3. The Hall–Kier alpha value is -4.19. The van der Waals surface area contributed by atoms with Gasteiger partial charge in [0.05, 0.1) is 0 Å². The van der Waals surface area contributed by atoms with Gasteiger partial charge in [-0.2, -0.15) is 0 Å². The quantitative estimate of drug-likeness (QED) is 0.0261. The maximum Gasteiger partial charge on any atom is 0.306 e. The Morgan fingerprint density at radius 2 is 0.487 bits per heavy atom. The maximum atomic E-state index is 12.9. The molecule has 456 valence electrons. The lowest BCUT2D eigenvalue weighted by Gasteiger charge is -2.18. The van der Waals surface area contributed by atoms with Gasteiger partial charge in [-0.1, -0.05) is 303 Å². The number of unbranched alkanes of at least 4 members (excludes halogenated alkanes) is 29. The Kier molecular flexibility index (Phi) is 63.8. The van der Waals surface area contributed by atoms with E-state index in [4.69, 9.17) is 14.2 Å². The van der Waals surface area contributed by atoms with E-state index in [1.807, 2.05) is 0 Å². The summed E-state index contributed by atoms with van der Waals surface area (Å²) < 4.78 is 16.9. The molecule has 0 saturated heterocycles. The normalized spacial score (nSPS) is 12.9. The van der Waals surface area contributed by atoms with E-state index >= 15 is 0 Å². The van der Waals surface area contributed by atoms with Gasteiger partial charge in [0.2, 0.25) is 0 Å². The molecule has 0 radical (unpaired) electrons. The Morgan fingerprint density at radius 1 is 0.263 bits per heavy atom. The molecule has 1 unspecified atom stereocenters. The smallest absolute Gasteiger partial charge is 0.306 e. The number of ether oxygens (including phenoxy) is 3. The largest absolute Gasteiger partial charge is 0.462 e. The molecular formula is C74H124O6. The number of hydrogen-bond acceptors (Lipinski definition) is 6. The third-order valence-electron chi connectivity index (χ3n) is 14.2. The summed E-state index contributed by atoms with van der Waals surface area (Å²) in [6.45, 7) is 6.40. The third kappa shape index (κ3) is 64.6. The van der Waals surface area contributed by atoms with Crippen molar-refractivity contribution in [3.8, 4) is 0 Å². The Labute approximate surface area is 494 Å². The summed E-state index contributed by atoms with van der Waals surface area (Å²) >= 11 is 0. The molecule has 0 aliphatic rings. The predicted octanol–water partition coefficient (Wildman–Crippen LogP) is 23.2. The van der Waals surface area contributed by atoms with E-state index < -0.39 is 6.10 Å². The monoisotopic (exact) mass is 1110 g/mol. The van der Waals surface area contributed by atoms with Gasteiger partial charge in [-0.3, -0.25) is 14.4 Å². The van der Waals surface area contributed by atoms with Crippen molar-refractivity contribution in [2.75, 3.05) is 13.2 Å². The molecule has 0 aliphatic heterocycles. The van der Waals surface area contributed by atoms with Crippen LogP contribution >= 0.6 is 0 Å². The van der Waals surface area contributed by atoms with Gasteiger partial charge in [0.25, 0.3) is 0 Å². The second kappa shape index (κ2) is 67.3. The summed E-state index contributed by atoms with van der Waals surface area (Å²) in [5, 5.41) is 0. The molecule has 0 heterocycles. The summed E-state index contributed by atoms with van der Waals surface area (Å²) in [5.41, 5.74) is 0. The number of rotatable bonds is 60. The van der Waals surface area contributed by atoms with Crippen LogP contribution in [-0.4, -0.2) is 37.2 Å². The molecule has 6 nitrogen and oxygen atoms in total. The Bertz CT molecular complexity index is 1650. The minimum atomic E-state index is -0.782. The van der Waals surface area contributed by atoms with Gasteiger partial charge in [0.1, 0.15) is 13.2 Å². The van der Waals surface area contributed by atoms with Gasteiger partial charge in [-0.25, -0.2) is 0 Å². The summed E-state index contributed by atoms with van der Waals surface area (Å²) in [6, 6.07) is 0. The maximum absolute atomic E-state index is 12.9. The molecule has 0 amide bonds. The highest BCUT2D eigenvalue weighted by Crippen LogP contribution is 2.16. The van der Waals surface area contributed by atoms with Crippen LogP contribution in [0.25, 0.3) is 0 Å². The van der Waals surface area contributed by atoms with E-state index in [2.05, 4.69) is 142 Å². The van der Waals surface area contributed by atoms with Crippen LogP contribution in [0.3, 0.4) is 0 Å². The van der Waals surface area contributed by atoms with Gasteiger partial charge < -0.3 is 14.2 Å². The molecule has 0 N–H and O–H groups in total. The van der Waals surface area contributed by atoms with Crippen molar-refractivity contribution in [3.63, 3.8) is 0 Å². The first kappa shape index (κ1) is 75.8. The fourth-order valence-corrected chi connectivity index (χ4v) is 9.26. The molecule has 0 bridgehead atoms. The van der Waals surface area contributed by atoms with Gasteiger partial charge in [-0.15, -0.1) is 0 Å². The molecule has 0 rings (SSSR count). The van der Waals surface area contributed by atoms with Gasteiger partial charge >= 0.3 is 17.9 Å². The van der Waals surface area contributed by atoms with Crippen LogP contribution in [0.4, 0.5) is 0 Å². The van der Waals surface area contributed by atoms with E-state index in [1.165, 1.54) is 141 Å². The van der Waals surface area contributed by atoms with E-state index in [0.717, 1.165) is 128 Å². The lowest BCUT2D eigenvalue weighted by atomic mass is 10.0. The van der Waals surface area contributed by atoms with Crippen LogP contribution in [-0.2, 0) is 28.6 Å². The van der Waals surface area contributed by atoms with Crippen molar-refractivity contribution in [3.05, 3.63) is 122 Å². The molecule has 80 heavy (non-hydrogen) atoms. The molecule has 0 aromatic rings. The molecule has 0 fully saturated rings. The molecule has 6 heteroatoms. The molecular weight excluding hydrogens is 985 g/mol. The predicted molar refractivity (Wildman–Crippen MR) is 348 cm³/mol. The highest BCUT2D eigenvalue weighted by atomic mass is 16.6. The van der Waals surface area contributed by atoms with Gasteiger partial charge in [0.15, 0.2) is 6.10 Å². The fraction of sp³-hybridized carbons (Fsp3) is 0.689. The van der Waals surface area contributed by atoms with Crippen molar-refractivity contribution in [1.82, 2.24) is 0 Å². The van der Waals surface area contributed by atoms with Crippen LogP contribution in [0.2, 0.25) is 0 Å². The van der Waals surface area contributed by atoms with E-state index in [-0.39, 0.29) is 31.1 Å². The fourth-order valence-electron chi connectivity index (χ4n) is 9.26. The number of hydrogen-bond donors (Lipinski definition) is 0. The van der Waals surface area contributed by atoms with Crippen LogP contribution in [0.1, 0.15) is 310 Å². The van der Waals surface area contributed by atoms with Crippen molar-refractivity contribution < 1.29 is 28.6 Å². The average Bonchev–Trinajstić information content (AvgIpc) is 3.46. The lowest BCUT2D eigenvalue weighted by Crippen LogP contribution is -2.30. The van der Waals surface area contributed by atoms with Crippen LogP contribution < -0.4 is 0 Å². The van der Waals surface area contributed by atoms with E-state index in [1.54, 1.807) is 0 Å². The van der Waals surface area contributed by atoms with Crippen LogP contribution in [0.15, 0.2) is 122 Å². The van der Waals surface area contributed by atoms with Crippen LogP contribution in [0.5, 0.6) is 0 Å². The summed E-state index contributed by atoms with van der Waals surface area (Å²) in [4.78, 5) is 38.2. The first-order chi connectivity index (χ1) is 39.5. The molecule has 0 aliphatic carbocycles. The lowest BCUT2D eigenvalue weighted by molar-refractivity contribution is -0.167. The standard InChI is InChI=1S/C74H124O6/c1-4-7-10-13-16-19-21-23-25-27-29-31-33-35-37-39-41-43-45-47-49-51-53-55-58-61-64-67-73(76)79-70-71(69-78-72(75)66-63-60-57-18-15-12-9-6-3)80-74(77)68-65-62-59-56-54-52-50-48-46-44-42-40-38-36-34-32-30-28-26-24-22-20-17-14-11-8-5-2/h7-8,10-11,16-17,19-20,23-26,29-32,35,37,41,43,71H,4-6,9,12-15,18,21-22,27-28,33-34,36,38-40,42,44-70H2,1-3H3/b10-7-,11-8-,19-16-,20-17-,25-23-,26-24-,31-29-,32-30-,37-35-,43-41-. The first-order valence-electron chi connectivity index (χ1n) is 33.5. The van der Waals surface area contributed by atoms with Gasteiger partial charge in [0, 0.05) is 19.3 Å². The molecule has 0 aromatic heterocycles. The van der Waals surface area contributed by atoms with Crippen molar-refractivity contribution in [2.24, 2.45) is 0 Å². The van der Waals surface area contributed by atoms with Crippen LogP contribution in [0, 0.1) is 0 Å².